The molecular weight excluding hydrogens is 309 g/mol. The number of aliphatic hydroxyl groups excluding tert-OH is 1. The van der Waals surface area contributed by atoms with Gasteiger partial charge in [-0.25, -0.2) is 4.79 Å². The van der Waals surface area contributed by atoms with E-state index in [4.69, 9.17) is 0 Å². The predicted octanol–water partition coefficient (Wildman–Crippen LogP) is 3.30. The number of aliphatic hydroxyl groups is 1. The zero-order valence-corrected chi connectivity index (χ0v) is 13.6. The maximum Gasteiger partial charge on any atom is 0.391 e. The summed E-state index contributed by atoms with van der Waals surface area (Å²) in [6.45, 7) is 0.491. The molecule has 4 nitrogen and oxygen atoms in total. The third-order valence-electron chi connectivity index (χ3n) is 5.24. The second kappa shape index (κ2) is 7.73. The van der Waals surface area contributed by atoms with E-state index in [1.54, 1.807) is 11.9 Å². The fourth-order valence-corrected chi connectivity index (χ4v) is 3.69. The first-order chi connectivity index (χ1) is 10.8. The lowest BCUT2D eigenvalue weighted by Gasteiger charge is -2.34. The summed E-state index contributed by atoms with van der Waals surface area (Å²) in [7, 11) is 1.68. The van der Waals surface area contributed by atoms with Crippen molar-refractivity contribution in [3.8, 4) is 0 Å². The van der Waals surface area contributed by atoms with Gasteiger partial charge in [0.1, 0.15) is 0 Å². The van der Waals surface area contributed by atoms with Crippen molar-refractivity contribution in [2.24, 2.45) is 11.8 Å². The van der Waals surface area contributed by atoms with Crippen molar-refractivity contribution in [2.45, 2.75) is 69.7 Å². The fraction of sp³-hybridized carbons (Fsp3) is 0.938. The van der Waals surface area contributed by atoms with Crippen molar-refractivity contribution in [3.63, 3.8) is 0 Å². The van der Waals surface area contributed by atoms with Crippen LogP contribution < -0.4 is 5.32 Å². The Morgan fingerprint density at radius 2 is 1.74 bits per heavy atom. The van der Waals surface area contributed by atoms with Crippen LogP contribution in [0.5, 0.6) is 0 Å². The normalized spacial score (nSPS) is 32.4. The molecule has 2 rings (SSSR count). The number of hydrogen-bond donors (Lipinski definition) is 2. The van der Waals surface area contributed by atoms with Crippen LogP contribution in [0.4, 0.5) is 18.0 Å². The molecule has 0 radical (unpaired) electrons. The minimum absolute atomic E-state index is 0.0828. The second-order valence-corrected chi connectivity index (χ2v) is 7.03. The number of halogens is 3. The van der Waals surface area contributed by atoms with Crippen LogP contribution in [0, 0.1) is 11.8 Å². The number of urea groups is 1. The van der Waals surface area contributed by atoms with Gasteiger partial charge < -0.3 is 15.3 Å². The molecule has 2 fully saturated rings. The Hall–Kier alpha value is -0.980. The van der Waals surface area contributed by atoms with E-state index in [1.165, 1.54) is 0 Å². The minimum Gasteiger partial charge on any atom is -0.393 e. The molecule has 2 atom stereocenters. The molecule has 0 aromatic heterocycles. The van der Waals surface area contributed by atoms with Crippen molar-refractivity contribution in [3.05, 3.63) is 0 Å². The molecule has 0 aliphatic heterocycles. The molecule has 2 amide bonds. The van der Waals surface area contributed by atoms with Crippen LogP contribution >= 0.6 is 0 Å². The van der Waals surface area contributed by atoms with Gasteiger partial charge in [0.25, 0.3) is 0 Å². The number of carbonyl (C=O) groups is 1. The zero-order chi connectivity index (χ0) is 17.0. The Morgan fingerprint density at radius 3 is 2.30 bits per heavy atom. The van der Waals surface area contributed by atoms with Crippen molar-refractivity contribution in [1.29, 1.82) is 0 Å². The number of alkyl halides is 3. The fourth-order valence-electron chi connectivity index (χ4n) is 3.69. The summed E-state index contributed by atoms with van der Waals surface area (Å²) in [5.41, 5.74) is 0. The van der Waals surface area contributed by atoms with E-state index in [1.807, 2.05) is 0 Å². The number of amides is 2. The minimum atomic E-state index is -4.12. The van der Waals surface area contributed by atoms with Gasteiger partial charge in [0.2, 0.25) is 0 Å². The molecule has 0 saturated heterocycles. The van der Waals surface area contributed by atoms with Crippen molar-refractivity contribution >= 4 is 6.03 Å². The standard InChI is InChI=1S/C16H27F3N2O2/c1-21(10-11-4-2-3-5-14(11)22)15(23)20-13-8-6-12(7-9-13)16(17,18)19/h11-14,22H,2-10H2,1H3,(H,20,23)/t11-,12?,13?,14-/m0/s1. The van der Waals surface area contributed by atoms with Crippen LogP contribution in [0.25, 0.3) is 0 Å². The highest BCUT2D eigenvalue weighted by Crippen LogP contribution is 2.37. The predicted molar refractivity (Wildman–Crippen MR) is 80.9 cm³/mol. The summed E-state index contributed by atoms with van der Waals surface area (Å²) in [4.78, 5) is 13.7. The largest absolute Gasteiger partial charge is 0.393 e. The Labute approximate surface area is 135 Å². The van der Waals surface area contributed by atoms with Crippen molar-refractivity contribution < 1.29 is 23.1 Å². The van der Waals surface area contributed by atoms with E-state index < -0.39 is 12.1 Å². The van der Waals surface area contributed by atoms with E-state index in [9.17, 15) is 23.1 Å². The van der Waals surface area contributed by atoms with Crippen LogP contribution in [0.2, 0.25) is 0 Å². The lowest BCUT2D eigenvalue weighted by atomic mass is 9.85. The summed E-state index contributed by atoms with van der Waals surface area (Å²) in [6.07, 6.45) is 0.209. The van der Waals surface area contributed by atoms with E-state index in [0.29, 0.717) is 19.4 Å². The molecule has 0 bridgehead atoms. The lowest BCUT2D eigenvalue weighted by molar-refractivity contribution is -0.182. The lowest BCUT2D eigenvalue weighted by Crippen LogP contribution is -2.47. The number of nitrogens with one attached hydrogen (secondary N) is 1. The molecule has 0 aromatic rings. The number of nitrogens with zero attached hydrogens (tertiary/aromatic N) is 1. The Balaban J connectivity index is 1.74. The molecule has 0 spiro atoms. The second-order valence-electron chi connectivity index (χ2n) is 7.03. The summed E-state index contributed by atoms with van der Waals surface area (Å²) < 4.78 is 37.9. The molecule has 2 saturated carbocycles. The number of rotatable bonds is 3. The third kappa shape index (κ3) is 5.26. The molecule has 2 N–H and O–H groups in total. The van der Waals surface area contributed by atoms with Crippen molar-refractivity contribution in [2.75, 3.05) is 13.6 Å². The molecule has 0 unspecified atom stereocenters. The Bertz CT molecular complexity index is 395. The van der Waals surface area contributed by atoms with Gasteiger partial charge in [0.15, 0.2) is 0 Å². The molecule has 0 aromatic carbocycles. The first-order valence-corrected chi connectivity index (χ1v) is 8.53. The maximum atomic E-state index is 12.6. The molecule has 7 heteroatoms. The van der Waals surface area contributed by atoms with Gasteiger partial charge in [0, 0.05) is 25.6 Å². The average Bonchev–Trinajstić information content (AvgIpc) is 2.49. The summed E-state index contributed by atoms with van der Waals surface area (Å²) in [6, 6.07) is -0.432. The van der Waals surface area contributed by atoms with Crippen LogP contribution in [0.15, 0.2) is 0 Å². The van der Waals surface area contributed by atoms with Crippen LogP contribution in [0.3, 0.4) is 0 Å². The highest BCUT2D eigenvalue weighted by atomic mass is 19.4. The highest BCUT2D eigenvalue weighted by Gasteiger charge is 2.41. The number of carbonyl (C=O) groups excluding carboxylic acids is 1. The zero-order valence-electron chi connectivity index (χ0n) is 13.6. The third-order valence-corrected chi connectivity index (χ3v) is 5.24. The summed E-state index contributed by atoms with van der Waals surface area (Å²) in [5, 5.41) is 12.8. The molecule has 2 aliphatic carbocycles. The quantitative estimate of drug-likeness (QED) is 0.831. The van der Waals surface area contributed by atoms with Gasteiger partial charge in [-0.05, 0) is 38.5 Å². The average molecular weight is 336 g/mol. The smallest absolute Gasteiger partial charge is 0.391 e. The molecule has 134 valence electrons. The first-order valence-electron chi connectivity index (χ1n) is 8.53. The van der Waals surface area contributed by atoms with Gasteiger partial charge in [-0.1, -0.05) is 12.8 Å². The van der Waals surface area contributed by atoms with Crippen LogP contribution in [-0.2, 0) is 0 Å². The number of hydrogen-bond acceptors (Lipinski definition) is 2. The first kappa shape index (κ1) is 18.4. The van der Waals surface area contributed by atoms with Crippen LogP contribution in [0.1, 0.15) is 51.4 Å². The molecule has 23 heavy (non-hydrogen) atoms. The Morgan fingerprint density at radius 1 is 1.13 bits per heavy atom. The summed E-state index contributed by atoms with van der Waals surface area (Å²) >= 11 is 0. The maximum absolute atomic E-state index is 12.6. The molecular formula is C16H27F3N2O2. The highest BCUT2D eigenvalue weighted by molar-refractivity contribution is 5.74. The van der Waals surface area contributed by atoms with E-state index in [0.717, 1.165) is 25.7 Å². The van der Waals surface area contributed by atoms with E-state index >= 15 is 0 Å². The van der Waals surface area contributed by atoms with Gasteiger partial charge in [-0.2, -0.15) is 13.2 Å². The van der Waals surface area contributed by atoms with Gasteiger partial charge in [-0.3, -0.25) is 0 Å². The topological polar surface area (TPSA) is 52.6 Å². The van der Waals surface area contributed by atoms with Gasteiger partial charge in [0.05, 0.1) is 12.0 Å². The SMILES string of the molecule is CN(C[C@@H]1CCCC[C@@H]1O)C(=O)NC1CCC(C(F)(F)F)CC1. The van der Waals surface area contributed by atoms with E-state index in [-0.39, 0.29) is 36.9 Å². The monoisotopic (exact) mass is 336 g/mol. The van der Waals surface area contributed by atoms with Gasteiger partial charge in [-0.15, -0.1) is 0 Å². The van der Waals surface area contributed by atoms with Crippen LogP contribution in [-0.4, -0.2) is 48.0 Å². The molecule has 0 heterocycles. The van der Waals surface area contributed by atoms with E-state index in [2.05, 4.69) is 5.32 Å². The summed E-state index contributed by atoms with van der Waals surface area (Å²) in [5.74, 6) is -1.13. The van der Waals surface area contributed by atoms with Crippen molar-refractivity contribution in [1.82, 2.24) is 10.2 Å². The Kier molecular flexibility index (Phi) is 6.17. The van der Waals surface area contributed by atoms with Gasteiger partial charge >= 0.3 is 12.2 Å². The molecule has 2 aliphatic rings.